The van der Waals surface area contributed by atoms with Crippen LogP contribution in [0.4, 0.5) is 13.2 Å². The lowest BCUT2D eigenvalue weighted by Crippen LogP contribution is -2.07. The molecule has 1 rings (SSSR count). The minimum Gasteiger partial charge on any atom is -0.478 e. The lowest BCUT2D eigenvalue weighted by Gasteiger charge is -2.03. The van der Waals surface area contributed by atoms with Crippen LogP contribution in [0.5, 0.6) is 0 Å². The molecule has 2 N–H and O–H groups in total. The Labute approximate surface area is 76.1 Å². The average Bonchev–Trinajstić information content (AvgIpc) is 2.46. The van der Waals surface area contributed by atoms with Crippen molar-refractivity contribution in [2.75, 3.05) is 0 Å². The summed E-state index contributed by atoms with van der Waals surface area (Å²) in [6.45, 7) is 0. The number of hydrogen-bond donors (Lipinski definition) is 2. The molecule has 4 nitrogen and oxygen atoms in total. The number of aromatic amines is 1. The smallest absolute Gasteiger partial charge is 0.433 e. The number of H-pyrrole nitrogens is 1. The van der Waals surface area contributed by atoms with Crippen LogP contribution in [-0.4, -0.2) is 21.3 Å². The van der Waals surface area contributed by atoms with Crippen molar-refractivity contribution in [3.63, 3.8) is 0 Å². The van der Waals surface area contributed by atoms with Crippen LogP contribution in [0.2, 0.25) is 0 Å². The second-order valence-electron chi connectivity index (χ2n) is 2.37. The SMILES string of the molecule is O=C(O)/C=C/c1cn[nH]c1C(F)(F)F. The summed E-state index contributed by atoms with van der Waals surface area (Å²) in [4.78, 5) is 10.1. The molecular weight excluding hydrogens is 201 g/mol. The third-order valence-corrected chi connectivity index (χ3v) is 1.36. The Bertz CT molecular complexity index is 367. The van der Waals surface area contributed by atoms with Crippen LogP contribution in [0.15, 0.2) is 12.3 Å². The summed E-state index contributed by atoms with van der Waals surface area (Å²) in [5.74, 6) is -1.32. The monoisotopic (exact) mass is 206 g/mol. The number of aromatic nitrogens is 2. The summed E-state index contributed by atoms with van der Waals surface area (Å²) in [6.07, 6.45) is -2.22. The first kappa shape index (κ1) is 10.3. The molecule has 76 valence electrons. The zero-order chi connectivity index (χ0) is 10.8. The van der Waals surface area contributed by atoms with Crippen molar-refractivity contribution in [1.29, 1.82) is 0 Å². The number of rotatable bonds is 2. The van der Waals surface area contributed by atoms with E-state index in [0.717, 1.165) is 12.3 Å². The number of hydrogen-bond acceptors (Lipinski definition) is 2. The fourth-order valence-electron chi connectivity index (χ4n) is 0.810. The highest BCUT2D eigenvalue weighted by Gasteiger charge is 2.34. The van der Waals surface area contributed by atoms with E-state index in [2.05, 4.69) is 5.10 Å². The van der Waals surface area contributed by atoms with Crippen molar-refractivity contribution in [1.82, 2.24) is 10.2 Å². The zero-order valence-corrected chi connectivity index (χ0v) is 6.67. The van der Waals surface area contributed by atoms with Crippen molar-refractivity contribution in [3.05, 3.63) is 23.5 Å². The normalized spacial score (nSPS) is 12.2. The molecule has 0 atom stereocenters. The molecule has 14 heavy (non-hydrogen) atoms. The second-order valence-corrected chi connectivity index (χ2v) is 2.37. The molecule has 0 radical (unpaired) electrons. The number of carboxylic acids is 1. The van der Waals surface area contributed by atoms with Crippen molar-refractivity contribution >= 4 is 12.0 Å². The molecule has 1 heterocycles. The Morgan fingerprint density at radius 3 is 2.71 bits per heavy atom. The van der Waals surface area contributed by atoms with E-state index in [4.69, 9.17) is 5.11 Å². The van der Waals surface area contributed by atoms with Crippen LogP contribution in [0, 0.1) is 0 Å². The molecule has 0 aliphatic heterocycles. The molecule has 0 saturated carbocycles. The van der Waals surface area contributed by atoms with Gasteiger partial charge in [0.05, 0.1) is 6.20 Å². The van der Waals surface area contributed by atoms with Gasteiger partial charge >= 0.3 is 12.1 Å². The predicted octanol–water partition coefficient (Wildman–Crippen LogP) is 1.53. The zero-order valence-electron chi connectivity index (χ0n) is 6.67. The van der Waals surface area contributed by atoms with Crippen LogP contribution in [0.3, 0.4) is 0 Å². The van der Waals surface area contributed by atoms with Crippen LogP contribution in [0.1, 0.15) is 11.3 Å². The Balaban J connectivity index is 3.00. The molecule has 0 unspecified atom stereocenters. The maximum Gasteiger partial charge on any atom is 0.433 e. The molecule has 0 aliphatic carbocycles. The third-order valence-electron chi connectivity index (χ3n) is 1.36. The summed E-state index contributed by atoms with van der Waals surface area (Å²) < 4.78 is 36.5. The van der Waals surface area contributed by atoms with E-state index in [-0.39, 0.29) is 5.56 Å². The molecule has 0 amide bonds. The number of nitrogens with one attached hydrogen (secondary N) is 1. The minimum absolute atomic E-state index is 0.306. The summed E-state index contributed by atoms with van der Waals surface area (Å²) in [5.41, 5.74) is -1.37. The minimum atomic E-state index is -4.56. The van der Waals surface area contributed by atoms with Gasteiger partial charge in [-0.15, -0.1) is 0 Å². The molecule has 7 heteroatoms. The van der Waals surface area contributed by atoms with Gasteiger partial charge in [-0.25, -0.2) is 4.79 Å². The predicted molar refractivity (Wildman–Crippen MR) is 40.3 cm³/mol. The van der Waals surface area contributed by atoms with Gasteiger partial charge in [0, 0.05) is 11.6 Å². The molecule has 1 aromatic rings. The summed E-state index contributed by atoms with van der Waals surface area (Å²) in [5, 5.41) is 13.1. The summed E-state index contributed by atoms with van der Waals surface area (Å²) >= 11 is 0. The molecular formula is C7H5F3N2O2. The number of halogens is 3. The van der Waals surface area contributed by atoms with E-state index in [1.54, 1.807) is 5.10 Å². The Hall–Kier alpha value is -1.79. The molecule has 0 bridgehead atoms. The molecule has 0 aromatic carbocycles. The van der Waals surface area contributed by atoms with Gasteiger partial charge < -0.3 is 5.11 Å². The highest BCUT2D eigenvalue weighted by atomic mass is 19.4. The standard InChI is InChI=1S/C7H5F3N2O2/c8-7(9,10)6-4(3-11-12-6)1-2-5(13)14/h1-3H,(H,11,12)(H,13,14)/b2-1+. The van der Waals surface area contributed by atoms with Crippen LogP contribution in [-0.2, 0) is 11.0 Å². The van der Waals surface area contributed by atoms with Crippen molar-refractivity contribution in [2.45, 2.75) is 6.18 Å². The Morgan fingerprint density at radius 1 is 1.57 bits per heavy atom. The lowest BCUT2D eigenvalue weighted by molar-refractivity contribution is -0.141. The topological polar surface area (TPSA) is 66.0 Å². The number of nitrogens with zero attached hydrogens (tertiary/aromatic N) is 1. The van der Waals surface area contributed by atoms with Crippen molar-refractivity contribution in [2.24, 2.45) is 0 Å². The number of carboxylic acid groups (broad SMARTS) is 1. The average molecular weight is 206 g/mol. The lowest BCUT2D eigenvalue weighted by atomic mass is 10.2. The van der Waals surface area contributed by atoms with Gasteiger partial charge in [-0.1, -0.05) is 0 Å². The fraction of sp³-hybridized carbons (Fsp3) is 0.143. The highest BCUT2D eigenvalue weighted by Crippen LogP contribution is 2.30. The van der Waals surface area contributed by atoms with Gasteiger partial charge in [0.15, 0.2) is 0 Å². The first-order valence-corrected chi connectivity index (χ1v) is 3.43. The van der Waals surface area contributed by atoms with Gasteiger partial charge in [0.1, 0.15) is 5.69 Å². The van der Waals surface area contributed by atoms with E-state index >= 15 is 0 Å². The fourth-order valence-corrected chi connectivity index (χ4v) is 0.810. The number of carbonyl (C=O) groups is 1. The van der Waals surface area contributed by atoms with E-state index in [0.29, 0.717) is 6.08 Å². The van der Waals surface area contributed by atoms with Crippen molar-refractivity contribution < 1.29 is 23.1 Å². The number of alkyl halides is 3. The van der Waals surface area contributed by atoms with Crippen molar-refractivity contribution in [3.8, 4) is 0 Å². The molecule has 0 saturated heterocycles. The van der Waals surface area contributed by atoms with E-state index in [1.807, 2.05) is 0 Å². The Kier molecular flexibility index (Phi) is 2.59. The molecule has 1 aromatic heterocycles. The third kappa shape index (κ3) is 2.35. The first-order chi connectivity index (χ1) is 6.41. The summed E-state index contributed by atoms with van der Waals surface area (Å²) in [6, 6.07) is 0. The maximum absolute atomic E-state index is 12.2. The Morgan fingerprint density at radius 2 is 2.21 bits per heavy atom. The van der Waals surface area contributed by atoms with Gasteiger partial charge in [-0.2, -0.15) is 18.3 Å². The molecule has 0 spiro atoms. The van der Waals surface area contributed by atoms with E-state index in [9.17, 15) is 18.0 Å². The van der Waals surface area contributed by atoms with Crippen LogP contribution in [0.25, 0.3) is 6.08 Å². The quantitative estimate of drug-likeness (QED) is 0.721. The van der Waals surface area contributed by atoms with Gasteiger partial charge in [0.2, 0.25) is 0 Å². The molecule has 0 fully saturated rings. The maximum atomic E-state index is 12.2. The number of aliphatic carboxylic acids is 1. The second kappa shape index (κ2) is 3.52. The first-order valence-electron chi connectivity index (χ1n) is 3.43. The van der Waals surface area contributed by atoms with Gasteiger partial charge in [-0.3, -0.25) is 5.10 Å². The summed E-state index contributed by atoms with van der Waals surface area (Å²) in [7, 11) is 0. The largest absolute Gasteiger partial charge is 0.478 e. The van der Waals surface area contributed by atoms with Crippen LogP contribution >= 0.6 is 0 Å². The van der Waals surface area contributed by atoms with Gasteiger partial charge in [-0.05, 0) is 6.08 Å². The van der Waals surface area contributed by atoms with Crippen LogP contribution < -0.4 is 0 Å². The van der Waals surface area contributed by atoms with E-state index < -0.39 is 17.8 Å². The van der Waals surface area contributed by atoms with E-state index in [1.165, 1.54) is 0 Å². The van der Waals surface area contributed by atoms with Gasteiger partial charge in [0.25, 0.3) is 0 Å². The molecule has 0 aliphatic rings. The highest BCUT2D eigenvalue weighted by molar-refractivity contribution is 5.85.